The van der Waals surface area contributed by atoms with Crippen LogP contribution in [0.15, 0.2) is 60.7 Å². The third kappa shape index (κ3) is 5.53. The number of benzene rings is 3. The molecule has 3 aromatic carbocycles. The standard InChI is InChI=1S/C25H26O2/c1-3-5-6-17-27-25-16-13-22-18-21(9-12-23(22)19-25)8-7-20-10-14-24(15-11-20)26-4-2/h9-16,18-19H,3-6,17H2,1-2H3. The van der Waals surface area contributed by atoms with Crippen LogP contribution in [0.5, 0.6) is 11.5 Å². The summed E-state index contributed by atoms with van der Waals surface area (Å²) in [6.07, 6.45) is 3.53. The lowest BCUT2D eigenvalue weighted by Crippen LogP contribution is -1.96. The summed E-state index contributed by atoms with van der Waals surface area (Å²) in [5.74, 6) is 8.27. The molecule has 3 aromatic rings. The number of fused-ring (bicyclic) bond motifs is 1. The summed E-state index contributed by atoms with van der Waals surface area (Å²) < 4.78 is 11.3. The van der Waals surface area contributed by atoms with Crippen LogP contribution in [0.3, 0.4) is 0 Å². The van der Waals surface area contributed by atoms with E-state index in [-0.39, 0.29) is 0 Å². The van der Waals surface area contributed by atoms with E-state index in [0.717, 1.165) is 35.7 Å². The molecule has 0 radical (unpaired) electrons. The Kier molecular flexibility index (Phi) is 6.77. The van der Waals surface area contributed by atoms with Crippen molar-refractivity contribution in [2.24, 2.45) is 0 Å². The average Bonchev–Trinajstić information content (AvgIpc) is 2.71. The molecular formula is C25H26O2. The fourth-order valence-electron chi connectivity index (χ4n) is 2.88. The molecule has 0 heterocycles. The van der Waals surface area contributed by atoms with E-state index in [9.17, 15) is 0 Å². The molecule has 0 aromatic heterocycles. The highest BCUT2D eigenvalue weighted by molar-refractivity contribution is 5.85. The smallest absolute Gasteiger partial charge is 0.119 e. The van der Waals surface area contributed by atoms with Crippen LogP contribution in [0.4, 0.5) is 0 Å². The number of hydrogen-bond acceptors (Lipinski definition) is 2. The third-order valence-corrected chi connectivity index (χ3v) is 4.34. The van der Waals surface area contributed by atoms with E-state index in [1.54, 1.807) is 0 Å². The van der Waals surface area contributed by atoms with Gasteiger partial charge >= 0.3 is 0 Å². The molecule has 0 unspecified atom stereocenters. The van der Waals surface area contributed by atoms with Crippen molar-refractivity contribution < 1.29 is 9.47 Å². The van der Waals surface area contributed by atoms with Crippen LogP contribution in [0.25, 0.3) is 10.8 Å². The Morgan fingerprint density at radius 2 is 1.33 bits per heavy atom. The summed E-state index contributed by atoms with van der Waals surface area (Å²) in [5.41, 5.74) is 1.99. The predicted octanol–water partition coefficient (Wildman–Crippen LogP) is 6.21. The lowest BCUT2D eigenvalue weighted by Gasteiger charge is -2.07. The van der Waals surface area contributed by atoms with Gasteiger partial charge in [-0.25, -0.2) is 0 Å². The van der Waals surface area contributed by atoms with Gasteiger partial charge in [0.15, 0.2) is 0 Å². The zero-order chi connectivity index (χ0) is 18.9. The van der Waals surface area contributed by atoms with Crippen molar-refractivity contribution in [2.75, 3.05) is 13.2 Å². The summed E-state index contributed by atoms with van der Waals surface area (Å²) in [5, 5.41) is 2.35. The quantitative estimate of drug-likeness (QED) is 0.369. The second kappa shape index (κ2) is 9.69. The van der Waals surface area contributed by atoms with E-state index in [4.69, 9.17) is 9.47 Å². The molecule has 2 nitrogen and oxygen atoms in total. The number of rotatable bonds is 7. The maximum Gasteiger partial charge on any atom is 0.119 e. The molecule has 0 atom stereocenters. The molecule has 0 aliphatic carbocycles. The van der Waals surface area contributed by atoms with Crippen LogP contribution >= 0.6 is 0 Å². The zero-order valence-electron chi connectivity index (χ0n) is 16.1. The first-order valence-corrected chi connectivity index (χ1v) is 9.70. The molecule has 138 valence electrons. The topological polar surface area (TPSA) is 18.5 Å². The summed E-state index contributed by atoms with van der Waals surface area (Å²) in [7, 11) is 0. The maximum atomic E-state index is 5.84. The van der Waals surface area contributed by atoms with E-state index in [1.807, 2.05) is 37.3 Å². The molecule has 0 fully saturated rings. The minimum absolute atomic E-state index is 0.674. The van der Waals surface area contributed by atoms with Gasteiger partial charge in [-0.05, 0) is 72.6 Å². The van der Waals surface area contributed by atoms with Gasteiger partial charge in [0.25, 0.3) is 0 Å². The van der Waals surface area contributed by atoms with Crippen molar-refractivity contribution in [2.45, 2.75) is 33.1 Å². The van der Waals surface area contributed by atoms with Crippen molar-refractivity contribution in [3.8, 4) is 23.3 Å². The van der Waals surface area contributed by atoms with Gasteiger partial charge < -0.3 is 9.47 Å². The molecular weight excluding hydrogens is 332 g/mol. The Morgan fingerprint density at radius 3 is 2.11 bits per heavy atom. The minimum Gasteiger partial charge on any atom is -0.494 e. The normalized spacial score (nSPS) is 10.3. The van der Waals surface area contributed by atoms with Gasteiger partial charge in [0.2, 0.25) is 0 Å². The number of unbranched alkanes of at least 4 members (excludes halogenated alkanes) is 2. The first-order valence-electron chi connectivity index (χ1n) is 9.70. The first-order chi connectivity index (χ1) is 13.3. The van der Waals surface area contributed by atoms with Crippen molar-refractivity contribution in [3.05, 3.63) is 71.8 Å². The number of ether oxygens (including phenoxy) is 2. The maximum absolute atomic E-state index is 5.84. The molecule has 2 heteroatoms. The molecule has 0 amide bonds. The van der Waals surface area contributed by atoms with E-state index >= 15 is 0 Å². The Labute approximate surface area is 162 Å². The van der Waals surface area contributed by atoms with Gasteiger partial charge in [-0.2, -0.15) is 0 Å². The highest BCUT2D eigenvalue weighted by atomic mass is 16.5. The third-order valence-electron chi connectivity index (χ3n) is 4.34. The molecule has 0 spiro atoms. The second-order valence-electron chi connectivity index (χ2n) is 6.49. The summed E-state index contributed by atoms with van der Waals surface area (Å²) in [6.45, 7) is 5.64. The van der Waals surface area contributed by atoms with Crippen molar-refractivity contribution >= 4 is 10.8 Å². The zero-order valence-corrected chi connectivity index (χ0v) is 16.1. The molecule has 0 saturated heterocycles. The van der Waals surface area contributed by atoms with Gasteiger partial charge in [0.1, 0.15) is 11.5 Å². The Bertz CT molecular complexity index is 930. The Morgan fingerprint density at radius 1 is 0.667 bits per heavy atom. The van der Waals surface area contributed by atoms with Crippen LogP contribution in [0.1, 0.15) is 44.2 Å². The molecule has 0 aliphatic heterocycles. The Balaban J connectivity index is 1.69. The second-order valence-corrected chi connectivity index (χ2v) is 6.49. The van der Waals surface area contributed by atoms with Crippen LogP contribution in [-0.2, 0) is 0 Å². The van der Waals surface area contributed by atoms with Crippen LogP contribution in [-0.4, -0.2) is 13.2 Å². The van der Waals surface area contributed by atoms with Crippen LogP contribution < -0.4 is 9.47 Å². The Hall–Kier alpha value is -2.92. The highest BCUT2D eigenvalue weighted by Gasteiger charge is 1.99. The number of hydrogen-bond donors (Lipinski definition) is 0. The monoisotopic (exact) mass is 358 g/mol. The summed E-state index contributed by atoms with van der Waals surface area (Å²) >= 11 is 0. The van der Waals surface area contributed by atoms with E-state index in [0.29, 0.717) is 6.61 Å². The summed E-state index contributed by atoms with van der Waals surface area (Å²) in [6, 6.07) is 20.4. The van der Waals surface area contributed by atoms with Crippen molar-refractivity contribution in [1.29, 1.82) is 0 Å². The van der Waals surface area contributed by atoms with E-state index < -0.39 is 0 Å². The fraction of sp³-hybridized carbons (Fsp3) is 0.280. The van der Waals surface area contributed by atoms with E-state index in [2.05, 4.69) is 49.1 Å². The van der Waals surface area contributed by atoms with Gasteiger partial charge in [0.05, 0.1) is 13.2 Å². The van der Waals surface area contributed by atoms with E-state index in [1.165, 1.54) is 23.6 Å². The molecule has 27 heavy (non-hydrogen) atoms. The van der Waals surface area contributed by atoms with Gasteiger partial charge in [-0.15, -0.1) is 0 Å². The first kappa shape index (κ1) is 18.9. The summed E-state index contributed by atoms with van der Waals surface area (Å²) in [4.78, 5) is 0. The van der Waals surface area contributed by atoms with Crippen LogP contribution in [0, 0.1) is 11.8 Å². The minimum atomic E-state index is 0.674. The van der Waals surface area contributed by atoms with Crippen molar-refractivity contribution in [1.82, 2.24) is 0 Å². The van der Waals surface area contributed by atoms with Gasteiger partial charge in [0, 0.05) is 11.1 Å². The largest absolute Gasteiger partial charge is 0.494 e. The molecule has 0 aliphatic rings. The molecule has 0 N–H and O–H groups in total. The van der Waals surface area contributed by atoms with Gasteiger partial charge in [-0.3, -0.25) is 0 Å². The van der Waals surface area contributed by atoms with Gasteiger partial charge in [-0.1, -0.05) is 43.7 Å². The highest BCUT2D eigenvalue weighted by Crippen LogP contribution is 2.22. The lowest BCUT2D eigenvalue weighted by molar-refractivity contribution is 0.306. The molecule has 3 rings (SSSR count). The molecule has 0 bridgehead atoms. The SMILES string of the molecule is CCCCCOc1ccc2cc(C#Cc3ccc(OCC)cc3)ccc2c1. The lowest BCUT2D eigenvalue weighted by atomic mass is 10.1. The predicted molar refractivity (Wildman–Crippen MR) is 113 cm³/mol. The fourth-order valence-corrected chi connectivity index (χ4v) is 2.88. The van der Waals surface area contributed by atoms with Crippen LogP contribution in [0.2, 0.25) is 0 Å². The average molecular weight is 358 g/mol. The molecule has 0 saturated carbocycles. The van der Waals surface area contributed by atoms with Crippen molar-refractivity contribution in [3.63, 3.8) is 0 Å².